The predicted octanol–water partition coefficient (Wildman–Crippen LogP) is 17.8. The van der Waals surface area contributed by atoms with Crippen LogP contribution >= 0.6 is 7.82 Å². The van der Waals surface area contributed by atoms with Crippen molar-refractivity contribution >= 4 is 19.7 Å². The molecule has 9 nitrogen and oxygen atoms in total. The average Bonchev–Trinajstić information content (AvgIpc) is 3.35. The Morgan fingerprint density at radius 1 is 0.493 bits per heavy atom. The standard InChI is InChI=1S/C63H115N2O7P/c1-7-10-13-16-19-22-25-27-29-30-31-32-33-34-36-38-41-44-47-50-53-56-63(67)72-61(54-51-48-45-42-39-24-21-18-15-12-9-3)60(59-71-73(68,69)70-58-57-65(4,5)6)64-62(66)55-52-49-46-43-40-37-35-28-26-23-20-17-14-11-8-2/h19-20,22-23,26-29,31-32,51,54,60-61H,7-18,21,24-25,30,33-50,52-53,55-59H2,1-6H3,(H-,64,66,68,69)/b22-19-,23-20+,28-26+,29-27-,32-31-,54-51-. The summed E-state index contributed by atoms with van der Waals surface area (Å²) in [5.41, 5.74) is 0. The lowest BCUT2D eigenvalue weighted by Crippen LogP contribution is -2.47. The minimum Gasteiger partial charge on any atom is -0.756 e. The number of quaternary nitrogens is 1. The topological polar surface area (TPSA) is 114 Å². The second-order valence-corrected chi connectivity index (χ2v) is 22.9. The summed E-state index contributed by atoms with van der Waals surface area (Å²) < 4.78 is 30.2. The molecule has 1 amide bonds. The molecule has 3 atom stereocenters. The molecule has 0 radical (unpaired) electrons. The Labute approximate surface area is 451 Å². The van der Waals surface area contributed by atoms with Crippen LogP contribution < -0.4 is 10.2 Å². The van der Waals surface area contributed by atoms with Crippen LogP contribution in [0.15, 0.2) is 72.9 Å². The van der Waals surface area contributed by atoms with Gasteiger partial charge in [0.25, 0.3) is 7.82 Å². The lowest BCUT2D eigenvalue weighted by Gasteiger charge is -2.30. The molecule has 0 aromatic carbocycles. The van der Waals surface area contributed by atoms with Crippen LogP contribution in [-0.2, 0) is 27.9 Å². The maximum Gasteiger partial charge on any atom is 0.306 e. The van der Waals surface area contributed by atoms with Crippen molar-refractivity contribution in [1.82, 2.24) is 5.32 Å². The lowest BCUT2D eigenvalue weighted by atomic mass is 10.1. The van der Waals surface area contributed by atoms with Crippen molar-refractivity contribution in [2.75, 3.05) is 40.9 Å². The molecule has 0 rings (SSSR count). The molecule has 0 fully saturated rings. The molecule has 0 bridgehead atoms. The number of hydrogen-bond donors (Lipinski definition) is 1. The molecule has 73 heavy (non-hydrogen) atoms. The number of rotatable bonds is 54. The number of unbranched alkanes of at least 4 members (excludes halogenated alkanes) is 29. The van der Waals surface area contributed by atoms with Crippen molar-refractivity contribution in [3.8, 4) is 0 Å². The first-order chi connectivity index (χ1) is 35.4. The van der Waals surface area contributed by atoms with E-state index in [1.807, 2.05) is 33.3 Å². The van der Waals surface area contributed by atoms with Gasteiger partial charge in [-0.1, -0.05) is 229 Å². The molecule has 3 unspecified atom stereocenters. The van der Waals surface area contributed by atoms with Gasteiger partial charge in [-0.15, -0.1) is 0 Å². The first-order valence-corrected chi connectivity index (χ1v) is 31.7. The first-order valence-electron chi connectivity index (χ1n) is 30.3. The number of ether oxygens (including phenoxy) is 1. The Morgan fingerprint density at radius 3 is 1.36 bits per heavy atom. The molecule has 0 heterocycles. The maximum atomic E-state index is 13.5. The number of carbonyl (C=O) groups excluding carboxylic acids is 2. The fourth-order valence-corrected chi connectivity index (χ4v) is 9.12. The van der Waals surface area contributed by atoms with Gasteiger partial charge in [0.2, 0.25) is 5.91 Å². The van der Waals surface area contributed by atoms with Crippen molar-refractivity contribution < 1.29 is 37.3 Å². The molecule has 0 saturated carbocycles. The van der Waals surface area contributed by atoms with Crippen LogP contribution in [0, 0.1) is 0 Å². The van der Waals surface area contributed by atoms with Crippen LogP contribution in [0.25, 0.3) is 0 Å². The smallest absolute Gasteiger partial charge is 0.306 e. The van der Waals surface area contributed by atoms with E-state index in [0.29, 0.717) is 17.4 Å². The van der Waals surface area contributed by atoms with E-state index in [9.17, 15) is 19.0 Å². The summed E-state index contributed by atoms with van der Waals surface area (Å²) in [7, 11) is 1.17. The van der Waals surface area contributed by atoms with Crippen LogP contribution in [0.3, 0.4) is 0 Å². The second-order valence-electron chi connectivity index (χ2n) is 21.5. The number of amides is 1. The number of nitrogens with zero attached hydrogens (tertiary/aromatic N) is 1. The van der Waals surface area contributed by atoms with E-state index in [4.69, 9.17) is 13.8 Å². The monoisotopic (exact) mass is 1040 g/mol. The SMILES string of the molecule is CCCCC/C=C\C/C=C\C/C=C\CCCCCCCCCCC(=O)OC(/C=C\CCCCCCCCCCC)C(COP(=O)([O-])OCC[N+](C)(C)C)NC(=O)CCCCCCCC/C=C/C=C/CCCCC. The Hall–Kier alpha value is -2.55. The minimum absolute atomic E-state index is 0.0283. The minimum atomic E-state index is -4.70. The van der Waals surface area contributed by atoms with Gasteiger partial charge in [0.15, 0.2) is 0 Å². The lowest BCUT2D eigenvalue weighted by molar-refractivity contribution is -0.870. The third-order valence-corrected chi connectivity index (χ3v) is 14.1. The van der Waals surface area contributed by atoms with E-state index in [1.54, 1.807) is 0 Å². The summed E-state index contributed by atoms with van der Waals surface area (Å²) in [5.74, 6) is -0.563. The summed E-state index contributed by atoms with van der Waals surface area (Å²) in [4.78, 5) is 39.9. The van der Waals surface area contributed by atoms with Crippen molar-refractivity contribution in [3.63, 3.8) is 0 Å². The highest BCUT2D eigenvalue weighted by molar-refractivity contribution is 7.45. The van der Waals surface area contributed by atoms with Crippen LogP contribution in [-0.4, -0.2) is 69.4 Å². The van der Waals surface area contributed by atoms with Gasteiger partial charge in [-0.05, 0) is 96.0 Å². The van der Waals surface area contributed by atoms with Gasteiger partial charge in [0.05, 0.1) is 33.8 Å². The number of phosphoric acid groups is 1. The van der Waals surface area contributed by atoms with Gasteiger partial charge in [-0.3, -0.25) is 14.2 Å². The largest absolute Gasteiger partial charge is 0.756 e. The molecule has 0 aromatic heterocycles. The summed E-state index contributed by atoms with van der Waals surface area (Å²) >= 11 is 0. The fraction of sp³-hybridized carbons (Fsp3) is 0.778. The van der Waals surface area contributed by atoms with E-state index in [-0.39, 0.29) is 24.9 Å². The Bertz CT molecular complexity index is 1480. The molecule has 0 spiro atoms. The van der Waals surface area contributed by atoms with Crippen molar-refractivity contribution in [2.45, 2.75) is 277 Å². The van der Waals surface area contributed by atoms with Gasteiger partial charge in [0, 0.05) is 12.8 Å². The normalized spacial score (nSPS) is 14.2. The first kappa shape index (κ1) is 70.5. The van der Waals surface area contributed by atoms with Crippen LogP contribution in [0.1, 0.15) is 265 Å². The van der Waals surface area contributed by atoms with Crippen LogP contribution in [0.2, 0.25) is 0 Å². The third-order valence-electron chi connectivity index (χ3n) is 13.1. The zero-order chi connectivity index (χ0) is 53.6. The summed E-state index contributed by atoms with van der Waals surface area (Å²) in [6.45, 7) is 6.76. The molecule has 10 heteroatoms. The maximum absolute atomic E-state index is 13.5. The van der Waals surface area contributed by atoms with Gasteiger partial charge in [0.1, 0.15) is 19.3 Å². The zero-order valence-corrected chi connectivity index (χ0v) is 49.2. The summed E-state index contributed by atoms with van der Waals surface area (Å²) in [6.07, 6.45) is 67.2. The van der Waals surface area contributed by atoms with Gasteiger partial charge in [-0.25, -0.2) is 0 Å². The summed E-state index contributed by atoms with van der Waals surface area (Å²) in [6, 6.07) is -0.899. The van der Waals surface area contributed by atoms with Crippen molar-refractivity contribution in [1.29, 1.82) is 0 Å². The Morgan fingerprint density at radius 2 is 0.877 bits per heavy atom. The third kappa shape index (κ3) is 54.1. The van der Waals surface area contributed by atoms with E-state index in [2.05, 4.69) is 86.8 Å². The average molecular weight is 1040 g/mol. The highest BCUT2D eigenvalue weighted by Gasteiger charge is 2.27. The molecule has 0 saturated heterocycles. The van der Waals surface area contributed by atoms with E-state index in [0.717, 1.165) is 116 Å². The summed E-state index contributed by atoms with van der Waals surface area (Å²) in [5, 5.41) is 3.01. The van der Waals surface area contributed by atoms with Crippen molar-refractivity contribution in [3.05, 3.63) is 72.9 Å². The fourth-order valence-electron chi connectivity index (χ4n) is 8.40. The van der Waals surface area contributed by atoms with E-state index in [1.165, 1.54) is 116 Å². The molecule has 424 valence electrons. The molecule has 0 aromatic rings. The predicted molar refractivity (Wildman–Crippen MR) is 312 cm³/mol. The Kier molecular flexibility index (Phi) is 51.0. The quantitative estimate of drug-likeness (QED) is 0.0161. The number of likely N-dealkylation sites (N-methyl/N-ethyl adjacent to an activating group) is 1. The number of phosphoric ester groups is 1. The molecule has 0 aliphatic carbocycles. The highest BCUT2D eigenvalue weighted by Crippen LogP contribution is 2.38. The van der Waals surface area contributed by atoms with Crippen LogP contribution in [0.4, 0.5) is 0 Å². The highest BCUT2D eigenvalue weighted by atomic mass is 31.2. The van der Waals surface area contributed by atoms with E-state index >= 15 is 0 Å². The number of nitrogens with one attached hydrogen (secondary N) is 1. The number of hydrogen-bond acceptors (Lipinski definition) is 7. The number of carbonyl (C=O) groups is 2. The Balaban J connectivity index is 5.25. The van der Waals surface area contributed by atoms with Gasteiger partial charge >= 0.3 is 5.97 Å². The second kappa shape index (κ2) is 52.9. The van der Waals surface area contributed by atoms with E-state index < -0.39 is 26.6 Å². The molecule has 0 aliphatic rings. The molecule has 1 N–H and O–H groups in total. The van der Waals surface area contributed by atoms with Crippen LogP contribution in [0.5, 0.6) is 0 Å². The van der Waals surface area contributed by atoms with Crippen molar-refractivity contribution in [2.24, 2.45) is 0 Å². The number of allylic oxidation sites excluding steroid dienone is 11. The van der Waals surface area contributed by atoms with Gasteiger partial charge < -0.3 is 28.5 Å². The molecular weight excluding hydrogens is 928 g/mol. The molecular formula is C63H115N2O7P. The number of esters is 1. The molecule has 0 aliphatic heterocycles. The zero-order valence-electron chi connectivity index (χ0n) is 48.3. The van der Waals surface area contributed by atoms with Gasteiger partial charge in [-0.2, -0.15) is 0 Å².